The quantitative estimate of drug-likeness (QED) is 0.341. The minimum atomic E-state index is -0.385. The molecule has 5 rings (SSSR count). The third kappa shape index (κ3) is 3.92. The maximum absolute atomic E-state index is 13.6. The summed E-state index contributed by atoms with van der Waals surface area (Å²) >= 11 is 6.32. The van der Waals surface area contributed by atoms with E-state index in [0.717, 1.165) is 5.39 Å². The van der Waals surface area contributed by atoms with E-state index in [2.05, 4.69) is 0 Å². The Hall–Kier alpha value is -4.16. The Morgan fingerprint density at radius 3 is 2.14 bits per heavy atom. The average molecular weight is 485 g/mol. The van der Waals surface area contributed by atoms with Gasteiger partial charge in [-0.15, -0.1) is 0 Å². The Balaban J connectivity index is 1.51. The fourth-order valence-electron chi connectivity index (χ4n) is 4.45. The van der Waals surface area contributed by atoms with Gasteiger partial charge >= 0.3 is 0 Å². The zero-order chi connectivity index (χ0) is 24.5. The number of carbonyl (C=O) groups is 3. The number of imide groups is 1. The molecule has 3 amide bonds. The number of hydrogen-bond acceptors (Lipinski definition) is 4. The third-order valence-electron chi connectivity index (χ3n) is 6.13. The van der Waals surface area contributed by atoms with Gasteiger partial charge in [0, 0.05) is 29.6 Å². The first-order chi connectivity index (χ1) is 17.0. The molecule has 0 atom stereocenters. The second kappa shape index (κ2) is 9.24. The van der Waals surface area contributed by atoms with Crippen molar-refractivity contribution < 1.29 is 19.1 Å². The molecule has 1 aliphatic heterocycles. The van der Waals surface area contributed by atoms with Gasteiger partial charge in [0.2, 0.25) is 0 Å². The summed E-state index contributed by atoms with van der Waals surface area (Å²) in [6, 6.07) is 24.7. The number of nitrogens with zero attached hydrogens (tertiary/aromatic N) is 2. The van der Waals surface area contributed by atoms with E-state index in [4.69, 9.17) is 16.3 Å². The van der Waals surface area contributed by atoms with E-state index in [1.54, 1.807) is 72.8 Å². The molecule has 1 aliphatic rings. The largest absolute Gasteiger partial charge is 0.495 e. The molecule has 6 nitrogen and oxygen atoms in total. The van der Waals surface area contributed by atoms with Crippen molar-refractivity contribution in [3.63, 3.8) is 0 Å². The molecule has 0 radical (unpaired) electrons. The number of anilines is 1. The summed E-state index contributed by atoms with van der Waals surface area (Å²) in [6.07, 6.45) is 0. The van der Waals surface area contributed by atoms with Crippen molar-refractivity contribution in [1.29, 1.82) is 0 Å². The molecule has 0 saturated carbocycles. The van der Waals surface area contributed by atoms with Crippen LogP contribution in [0.4, 0.5) is 5.69 Å². The van der Waals surface area contributed by atoms with E-state index in [9.17, 15) is 14.4 Å². The smallest absolute Gasteiger partial charge is 0.261 e. The Kier molecular flexibility index (Phi) is 5.97. The molecule has 0 aromatic heterocycles. The van der Waals surface area contributed by atoms with Crippen LogP contribution < -0.4 is 9.64 Å². The summed E-state index contributed by atoms with van der Waals surface area (Å²) in [4.78, 5) is 43.0. The SMILES string of the molecule is COc1ccccc1N(CCN1C(=O)c2cccc3cccc(c23)C1=O)C(=O)c1ccccc1Cl. The van der Waals surface area contributed by atoms with E-state index in [0.29, 0.717) is 38.5 Å². The number of hydrogen-bond donors (Lipinski definition) is 0. The minimum absolute atomic E-state index is 0.00334. The molecule has 0 unspecified atom stereocenters. The molecule has 0 bridgehead atoms. The van der Waals surface area contributed by atoms with Crippen LogP contribution in [0.3, 0.4) is 0 Å². The van der Waals surface area contributed by atoms with E-state index >= 15 is 0 Å². The van der Waals surface area contributed by atoms with Gasteiger partial charge in [-0.05, 0) is 41.8 Å². The number of rotatable bonds is 6. The molecule has 174 valence electrons. The van der Waals surface area contributed by atoms with Crippen molar-refractivity contribution in [3.8, 4) is 5.75 Å². The van der Waals surface area contributed by atoms with Crippen LogP contribution in [-0.2, 0) is 0 Å². The highest BCUT2D eigenvalue weighted by Crippen LogP contribution is 2.32. The summed E-state index contributed by atoms with van der Waals surface area (Å²) in [5.74, 6) is -0.646. The van der Waals surface area contributed by atoms with Gasteiger partial charge < -0.3 is 9.64 Å². The van der Waals surface area contributed by atoms with Gasteiger partial charge in [-0.25, -0.2) is 0 Å². The molecule has 0 aliphatic carbocycles. The predicted octanol–water partition coefficient (Wildman–Crippen LogP) is 5.44. The molecule has 0 N–H and O–H groups in total. The van der Waals surface area contributed by atoms with Crippen molar-refractivity contribution in [2.45, 2.75) is 0 Å². The van der Waals surface area contributed by atoms with Crippen LogP contribution in [0, 0.1) is 0 Å². The van der Waals surface area contributed by atoms with Crippen LogP contribution in [-0.4, -0.2) is 42.8 Å². The highest BCUT2D eigenvalue weighted by atomic mass is 35.5. The third-order valence-corrected chi connectivity index (χ3v) is 6.46. The monoisotopic (exact) mass is 484 g/mol. The lowest BCUT2D eigenvalue weighted by Gasteiger charge is -2.31. The van der Waals surface area contributed by atoms with Gasteiger partial charge in [-0.3, -0.25) is 19.3 Å². The lowest BCUT2D eigenvalue weighted by atomic mass is 9.94. The first-order valence-corrected chi connectivity index (χ1v) is 11.5. The van der Waals surface area contributed by atoms with Gasteiger partial charge in [0.15, 0.2) is 0 Å². The van der Waals surface area contributed by atoms with Crippen LogP contribution >= 0.6 is 11.6 Å². The maximum atomic E-state index is 13.6. The Labute approximate surface area is 207 Å². The van der Waals surface area contributed by atoms with Crippen LogP contribution in [0.15, 0.2) is 84.9 Å². The van der Waals surface area contributed by atoms with E-state index in [-0.39, 0.29) is 30.8 Å². The number of carbonyl (C=O) groups excluding carboxylic acids is 3. The van der Waals surface area contributed by atoms with Crippen LogP contribution in [0.2, 0.25) is 5.02 Å². The van der Waals surface area contributed by atoms with Gasteiger partial charge in [-0.1, -0.05) is 60.1 Å². The molecular formula is C28H21ClN2O4. The van der Waals surface area contributed by atoms with Gasteiger partial charge in [0.05, 0.1) is 23.4 Å². The Morgan fingerprint density at radius 2 is 1.49 bits per heavy atom. The van der Waals surface area contributed by atoms with Crippen molar-refractivity contribution in [2.24, 2.45) is 0 Å². The first kappa shape index (κ1) is 22.6. The molecule has 4 aromatic rings. The number of halogens is 1. The average Bonchev–Trinajstić information content (AvgIpc) is 2.89. The summed E-state index contributed by atoms with van der Waals surface area (Å²) in [5.41, 5.74) is 1.77. The molecule has 35 heavy (non-hydrogen) atoms. The van der Waals surface area contributed by atoms with Gasteiger partial charge in [0.25, 0.3) is 17.7 Å². The number of amides is 3. The zero-order valence-corrected chi connectivity index (χ0v) is 19.7. The second-order valence-corrected chi connectivity index (χ2v) is 8.49. The predicted molar refractivity (Wildman–Crippen MR) is 135 cm³/mol. The lowest BCUT2D eigenvalue weighted by Crippen LogP contribution is -2.46. The van der Waals surface area contributed by atoms with Crippen molar-refractivity contribution in [3.05, 3.63) is 107 Å². The summed E-state index contributed by atoms with van der Waals surface area (Å²) in [7, 11) is 1.52. The summed E-state index contributed by atoms with van der Waals surface area (Å²) in [6.45, 7) is 0.0523. The standard InChI is InChI=1S/C28H21ClN2O4/c1-35-24-15-5-4-14-23(24)30(26(32)19-10-2-3-13-22(19)29)16-17-31-27(33)20-11-6-8-18-9-7-12-21(25(18)20)28(31)34/h2-15H,16-17H2,1H3. The summed E-state index contributed by atoms with van der Waals surface area (Å²) in [5, 5.41) is 1.81. The number of methoxy groups -OCH3 is 1. The fraction of sp³-hybridized carbons (Fsp3) is 0.107. The zero-order valence-electron chi connectivity index (χ0n) is 18.9. The van der Waals surface area contributed by atoms with Gasteiger partial charge in [0.1, 0.15) is 5.75 Å². The molecule has 4 aromatic carbocycles. The normalized spacial score (nSPS) is 12.7. The molecule has 0 spiro atoms. The number of para-hydroxylation sites is 2. The van der Waals surface area contributed by atoms with Crippen LogP contribution in [0.1, 0.15) is 31.1 Å². The van der Waals surface area contributed by atoms with Crippen molar-refractivity contribution in [2.75, 3.05) is 25.1 Å². The lowest BCUT2D eigenvalue weighted by molar-refractivity contribution is 0.0611. The Bertz CT molecular complexity index is 1430. The van der Waals surface area contributed by atoms with Gasteiger partial charge in [-0.2, -0.15) is 0 Å². The molecule has 1 heterocycles. The van der Waals surface area contributed by atoms with E-state index < -0.39 is 0 Å². The van der Waals surface area contributed by atoms with Crippen LogP contribution in [0.25, 0.3) is 10.8 Å². The van der Waals surface area contributed by atoms with E-state index in [1.165, 1.54) is 16.9 Å². The van der Waals surface area contributed by atoms with Crippen molar-refractivity contribution in [1.82, 2.24) is 4.90 Å². The van der Waals surface area contributed by atoms with E-state index in [1.807, 2.05) is 12.1 Å². The second-order valence-electron chi connectivity index (χ2n) is 8.08. The molecule has 0 fully saturated rings. The number of ether oxygens (including phenoxy) is 1. The van der Waals surface area contributed by atoms with Crippen LogP contribution in [0.5, 0.6) is 5.75 Å². The Morgan fingerprint density at radius 1 is 0.857 bits per heavy atom. The molecule has 0 saturated heterocycles. The number of benzene rings is 4. The first-order valence-electron chi connectivity index (χ1n) is 11.1. The summed E-state index contributed by atoms with van der Waals surface area (Å²) < 4.78 is 5.49. The minimum Gasteiger partial charge on any atom is -0.495 e. The highest BCUT2D eigenvalue weighted by Gasteiger charge is 2.33. The highest BCUT2D eigenvalue weighted by molar-refractivity contribution is 6.34. The van der Waals surface area contributed by atoms with Crippen molar-refractivity contribution >= 4 is 45.8 Å². The molecule has 7 heteroatoms. The maximum Gasteiger partial charge on any atom is 0.261 e. The molecular weight excluding hydrogens is 464 g/mol. The fourth-order valence-corrected chi connectivity index (χ4v) is 4.66. The topological polar surface area (TPSA) is 66.9 Å².